The Balaban J connectivity index is 1.64. The molecule has 5 nitrogen and oxygen atoms in total. The van der Waals surface area contributed by atoms with Gasteiger partial charge in [0, 0.05) is 22.7 Å². The Morgan fingerprint density at radius 1 is 1.04 bits per heavy atom. The molecule has 0 aliphatic carbocycles. The van der Waals surface area contributed by atoms with E-state index in [2.05, 4.69) is 10.3 Å². The van der Waals surface area contributed by atoms with Gasteiger partial charge in [0.2, 0.25) is 9.84 Å². The summed E-state index contributed by atoms with van der Waals surface area (Å²) in [5.41, 5.74) is 2.28. The molecule has 0 bridgehead atoms. The van der Waals surface area contributed by atoms with E-state index in [-0.39, 0.29) is 10.8 Å². The topological polar surface area (TPSA) is 76.1 Å². The van der Waals surface area contributed by atoms with Gasteiger partial charge in [-0.2, -0.15) is 0 Å². The fourth-order valence-electron chi connectivity index (χ4n) is 2.63. The van der Waals surface area contributed by atoms with Crippen LogP contribution < -0.4 is 5.32 Å². The summed E-state index contributed by atoms with van der Waals surface area (Å²) in [6.07, 6.45) is 3.05. The van der Waals surface area contributed by atoms with Crippen molar-refractivity contribution in [2.45, 2.75) is 4.90 Å². The molecule has 2 aromatic carbocycles. The second-order valence-corrected chi connectivity index (χ2v) is 7.27. The lowest BCUT2D eigenvalue weighted by Crippen LogP contribution is -2.12. The maximum absolute atomic E-state index is 12.4. The number of amides is 1. The van der Waals surface area contributed by atoms with Crippen molar-refractivity contribution in [3.05, 3.63) is 71.3 Å². The van der Waals surface area contributed by atoms with Crippen LogP contribution in [0.2, 0.25) is 0 Å². The number of sulfone groups is 1. The summed E-state index contributed by atoms with van der Waals surface area (Å²) < 4.78 is 23.8. The molecule has 0 saturated carbocycles. The van der Waals surface area contributed by atoms with Crippen molar-refractivity contribution in [1.82, 2.24) is 4.98 Å². The number of anilines is 1. The average Bonchev–Trinajstić information content (AvgIpc) is 2.89. The van der Waals surface area contributed by atoms with Crippen LogP contribution in [0.25, 0.3) is 17.0 Å². The predicted octanol–water partition coefficient (Wildman–Crippen LogP) is 3.25. The molecule has 24 heavy (non-hydrogen) atoms. The first-order chi connectivity index (χ1) is 11.5. The Hall–Kier alpha value is -2.99. The molecule has 0 atom stereocenters. The quantitative estimate of drug-likeness (QED) is 0.779. The van der Waals surface area contributed by atoms with Crippen LogP contribution in [0.3, 0.4) is 0 Å². The average molecular weight is 336 g/mol. The zero-order valence-corrected chi connectivity index (χ0v) is 13.2. The molecule has 1 N–H and O–H groups in total. The third kappa shape index (κ3) is 2.47. The molecule has 118 valence electrons. The van der Waals surface area contributed by atoms with Crippen LogP contribution in [0.1, 0.15) is 15.9 Å². The summed E-state index contributed by atoms with van der Waals surface area (Å²) in [4.78, 5) is 16.9. The van der Waals surface area contributed by atoms with Crippen LogP contribution in [0, 0.1) is 0 Å². The number of carbonyl (C=O) groups excluding carboxylic acids is 1. The number of nitrogens with zero attached hydrogens (tertiary/aromatic N) is 1. The molecule has 0 saturated heterocycles. The zero-order chi connectivity index (χ0) is 16.7. The number of hydrogen-bond donors (Lipinski definition) is 1. The van der Waals surface area contributed by atoms with Crippen LogP contribution in [0.5, 0.6) is 0 Å². The molecular weight excluding hydrogens is 324 g/mol. The number of carbonyl (C=O) groups is 1. The highest BCUT2D eigenvalue weighted by atomic mass is 32.2. The summed E-state index contributed by atoms with van der Waals surface area (Å²) in [5, 5.41) is 4.75. The Kier molecular flexibility index (Phi) is 3.21. The number of rotatable bonds is 2. The van der Waals surface area contributed by atoms with E-state index in [9.17, 15) is 13.2 Å². The minimum Gasteiger partial charge on any atom is -0.322 e. The Labute approximate surface area is 138 Å². The third-order valence-corrected chi connectivity index (χ3v) is 5.32. The van der Waals surface area contributed by atoms with Gasteiger partial charge >= 0.3 is 0 Å². The number of benzene rings is 2. The van der Waals surface area contributed by atoms with E-state index in [1.54, 1.807) is 24.3 Å². The standard InChI is InChI=1S/C18H12N2O3S/c21-18(14-9-13-3-1-2-4-16(13)19-11-14)20-15-6-5-12-7-8-24(22,23)17(12)10-15/h1-11H,(H,20,21). The molecule has 3 aromatic rings. The van der Waals surface area contributed by atoms with Crippen molar-refractivity contribution in [2.75, 3.05) is 5.32 Å². The lowest BCUT2D eigenvalue weighted by Gasteiger charge is -2.08. The van der Waals surface area contributed by atoms with Gasteiger partial charge in [0.05, 0.1) is 16.0 Å². The van der Waals surface area contributed by atoms with Crippen molar-refractivity contribution < 1.29 is 13.2 Å². The van der Waals surface area contributed by atoms with E-state index in [0.717, 1.165) is 16.3 Å². The zero-order valence-electron chi connectivity index (χ0n) is 12.4. The highest BCUT2D eigenvalue weighted by Gasteiger charge is 2.21. The number of pyridine rings is 1. The molecule has 1 aliphatic rings. The number of fused-ring (bicyclic) bond motifs is 2. The van der Waals surface area contributed by atoms with Crippen molar-refractivity contribution in [3.63, 3.8) is 0 Å². The van der Waals surface area contributed by atoms with E-state index < -0.39 is 9.84 Å². The fraction of sp³-hybridized carbons (Fsp3) is 0. The van der Waals surface area contributed by atoms with E-state index in [1.165, 1.54) is 12.3 Å². The monoisotopic (exact) mass is 336 g/mol. The van der Waals surface area contributed by atoms with Gasteiger partial charge in [-0.25, -0.2) is 8.42 Å². The fourth-order valence-corrected chi connectivity index (χ4v) is 3.86. The largest absolute Gasteiger partial charge is 0.322 e. The molecule has 0 spiro atoms. The highest BCUT2D eigenvalue weighted by Crippen LogP contribution is 2.29. The summed E-state index contributed by atoms with van der Waals surface area (Å²) >= 11 is 0. The smallest absolute Gasteiger partial charge is 0.257 e. The van der Waals surface area contributed by atoms with Crippen molar-refractivity contribution in [1.29, 1.82) is 0 Å². The van der Waals surface area contributed by atoms with Crippen molar-refractivity contribution >= 4 is 38.4 Å². The molecule has 1 amide bonds. The van der Waals surface area contributed by atoms with Crippen molar-refractivity contribution in [2.24, 2.45) is 0 Å². The van der Waals surface area contributed by atoms with Gasteiger partial charge in [-0.05, 0) is 35.9 Å². The SMILES string of the molecule is O=C(Nc1ccc2c(c1)S(=O)(=O)C=C2)c1cnc2ccccc2c1. The number of aromatic nitrogens is 1. The minimum absolute atomic E-state index is 0.205. The molecule has 1 aliphatic heterocycles. The maximum Gasteiger partial charge on any atom is 0.257 e. The summed E-state index contributed by atoms with van der Waals surface area (Å²) in [7, 11) is -3.40. The second kappa shape index (κ2) is 5.28. The van der Waals surface area contributed by atoms with Crippen LogP contribution in [0.15, 0.2) is 65.0 Å². The second-order valence-electron chi connectivity index (χ2n) is 5.47. The first-order valence-electron chi connectivity index (χ1n) is 7.26. The van der Waals surface area contributed by atoms with E-state index in [4.69, 9.17) is 0 Å². The predicted molar refractivity (Wildman–Crippen MR) is 92.4 cm³/mol. The van der Waals surface area contributed by atoms with Crippen molar-refractivity contribution in [3.8, 4) is 0 Å². The van der Waals surface area contributed by atoms with Gasteiger partial charge in [-0.1, -0.05) is 24.3 Å². The number of nitrogens with one attached hydrogen (secondary N) is 1. The molecule has 4 rings (SSSR count). The maximum atomic E-state index is 12.4. The van der Waals surface area contributed by atoms with E-state index in [0.29, 0.717) is 16.8 Å². The molecule has 1 aromatic heterocycles. The lowest BCUT2D eigenvalue weighted by atomic mass is 10.1. The van der Waals surface area contributed by atoms with E-state index >= 15 is 0 Å². The Morgan fingerprint density at radius 2 is 1.88 bits per heavy atom. The summed E-state index contributed by atoms with van der Waals surface area (Å²) in [6.45, 7) is 0. The van der Waals surface area contributed by atoms with Gasteiger partial charge in [0.1, 0.15) is 0 Å². The molecule has 6 heteroatoms. The summed E-state index contributed by atoms with van der Waals surface area (Å²) in [5.74, 6) is -0.337. The van der Waals surface area contributed by atoms with Gasteiger partial charge in [0.25, 0.3) is 5.91 Å². The van der Waals surface area contributed by atoms with Crippen LogP contribution in [0.4, 0.5) is 5.69 Å². The van der Waals surface area contributed by atoms with E-state index in [1.807, 2.05) is 24.3 Å². The molecular formula is C18H12N2O3S. The van der Waals surface area contributed by atoms with Gasteiger partial charge < -0.3 is 5.32 Å². The highest BCUT2D eigenvalue weighted by molar-refractivity contribution is 7.94. The van der Waals surface area contributed by atoms with Crippen LogP contribution >= 0.6 is 0 Å². The molecule has 0 unspecified atom stereocenters. The normalized spacial score (nSPS) is 14.5. The first kappa shape index (κ1) is 14.6. The molecule has 2 heterocycles. The van der Waals surface area contributed by atoms with Gasteiger partial charge in [-0.15, -0.1) is 0 Å². The minimum atomic E-state index is -3.40. The lowest BCUT2D eigenvalue weighted by molar-refractivity contribution is 0.102. The first-order valence-corrected chi connectivity index (χ1v) is 8.81. The number of hydrogen-bond acceptors (Lipinski definition) is 4. The van der Waals surface area contributed by atoms with Gasteiger partial charge in [-0.3, -0.25) is 9.78 Å². The molecule has 0 radical (unpaired) electrons. The molecule has 0 fully saturated rings. The van der Waals surface area contributed by atoms with Crippen LogP contribution in [-0.4, -0.2) is 19.3 Å². The van der Waals surface area contributed by atoms with Gasteiger partial charge in [0.15, 0.2) is 0 Å². The Morgan fingerprint density at radius 3 is 2.75 bits per heavy atom. The summed E-state index contributed by atoms with van der Waals surface area (Å²) in [6, 6.07) is 14.1. The number of para-hydroxylation sites is 1. The third-order valence-electron chi connectivity index (χ3n) is 3.86. The van der Waals surface area contributed by atoms with Crippen LogP contribution in [-0.2, 0) is 9.84 Å². The Bertz CT molecular complexity index is 1120.